The third-order valence-corrected chi connectivity index (χ3v) is 4.86. The van der Waals surface area contributed by atoms with E-state index in [1.54, 1.807) is 24.3 Å². The lowest BCUT2D eigenvalue weighted by molar-refractivity contribution is -0.123. The highest BCUT2D eigenvalue weighted by Crippen LogP contribution is 2.13. The molecule has 1 aromatic heterocycles. The quantitative estimate of drug-likeness (QED) is 0.228. The van der Waals surface area contributed by atoms with Crippen molar-refractivity contribution >= 4 is 17.9 Å². The number of nitrogens with one attached hydrogen (secondary N) is 3. The van der Waals surface area contributed by atoms with Gasteiger partial charge in [0.1, 0.15) is 18.4 Å². The highest BCUT2D eigenvalue weighted by atomic mass is 16.5. The number of rotatable bonds is 10. The van der Waals surface area contributed by atoms with E-state index in [1.165, 1.54) is 23.8 Å². The highest BCUT2D eigenvalue weighted by molar-refractivity contribution is 5.93. The number of aromatic nitrogens is 1. The number of carboxylic acid groups (broad SMARTS) is 1. The zero-order valence-electron chi connectivity index (χ0n) is 18.1. The zero-order chi connectivity index (χ0) is 24.3. The van der Waals surface area contributed by atoms with E-state index in [0.29, 0.717) is 23.6 Å². The summed E-state index contributed by atoms with van der Waals surface area (Å²) >= 11 is 0. The van der Waals surface area contributed by atoms with E-state index in [-0.39, 0.29) is 18.5 Å². The molecule has 10 nitrogen and oxygen atoms in total. The molecule has 0 saturated heterocycles. The van der Waals surface area contributed by atoms with Crippen molar-refractivity contribution in [2.45, 2.75) is 25.6 Å². The summed E-state index contributed by atoms with van der Waals surface area (Å²) in [6.45, 7) is 0.510. The Labute approximate surface area is 195 Å². The van der Waals surface area contributed by atoms with Crippen LogP contribution < -0.4 is 20.9 Å². The second-order valence-electron chi connectivity index (χ2n) is 7.32. The van der Waals surface area contributed by atoms with Gasteiger partial charge >= 0.3 is 6.09 Å². The molecule has 34 heavy (non-hydrogen) atoms. The Balaban J connectivity index is 1.56. The third-order valence-electron chi connectivity index (χ3n) is 4.86. The molecule has 0 fully saturated rings. The number of benzene rings is 2. The maximum atomic E-state index is 12.6. The number of hydrogen-bond donors (Lipinski definition) is 5. The lowest BCUT2D eigenvalue weighted by atomic mass is 10.1. The topological polar surface area (TPSA) is 150 Å². The van der Waals surface area contributed by atoms with Crippen molar-refractivity contribution in [2.24, 2.45) is 0 Å². The van der Waals surface area contributed by atoms with Crippen LogP contribution in [0.3, 0.4) is 0 Å². The van der Waals surface area contributed by atoms with Gasteiger partial charge in [0.15, 0.2) is 0 Å². The normalized spacial score (nSPS) is 11.2. The average Bonchev–Trinajstić information content (AvgIpc) is 2.86. The summed E-state index contributed by atoms with van der Waals surface area (Å²) in [5.74, 6) is -0.616. The van der Waals surface area contributed by atoms with E-state index in [0.717, 1.165) is 5.56 Å². The summed E-state index contributed by atoms with van der Waals surface area (Å²) in [5.41, 5.74) is 4.01. The second kappa shape index (κ2) is 12.0. The smallest absolute Gasteiger partial charge is 0.405 e. The van der Waals surface area contributed by atoms with Gasteiger partial charge in [0.05, 0.1) is 6.20 Å². The predicted octanol–water partition coefficient (Wildman–Crippen LogP) is 2.27. The van der Waals surface area contributed by atoms with Crippen LogP contribution in [0.15, 0.2) is 72.9 Å². The molecule has 1 unspecified atom stereocenters. The Morgan fingerprint density at radius 3 is 2.29 bits per heavy atom. The monoisotopic (exact) mass is 464 g/mol. The molecule has 1 heterocycles. The molecule has 0 saturated carbocycles. The van der Waals surface area contributed by atoms with Gasteiger partial charge in [0.2, 0.25) is 5.91 Å². The maximum absolute atomic E-state index is 12.6. The molecule has 176 valence electrons. The number of carbonyl (C=O) groups excluding carboxylic acids is 2. The highest BCUT2D eigenvalue weighted by Gasteiger charge is 2.21. The molecule has 0 bridgehead atoms. The van der Waals surface area contributed by atoms with Gasteiger partial charge in [0.25, 0.3) is 5.91 Å². The van der Waals surface area contributed by atoms with Crippen LogP contribution in [0.1, 0.15) is 27.2 Å². The number of nitrogens with zero attached hydrogens (tertiary/aromatic N) is 1. The number of hydrogen-bond acceptors (Lipinski definition) is 6. The van der Waals surface area contributed by atoms with E-state index in [4.69, 9.17) is 15.1 Å². The van der Waals surface area contributed by atoms with Crippen molar-refractivity contribution in [3.8, 4) is 5.75 Å². The number of ether oxygens (including phenoxy) is 1. The minimum absolute atomic E-state index is 0.0483. The van der Waals surface area contributed by atoms with E-state index >= 15 is 0 Å². The Hall–Kier alpha value is -4.44. The molecule has 2 aromatic carbocycles. The van der Waals surface area contributed by atoms with Crippen molar-refractivity contribution in [3.63, 3.8) is 0 Å². The Bertz CT molecular complexity index is 1100. The maximum Gasteiger partial charge on any atom is 0.405 e. The van der Waals surface area contributed by atoms with Gasteiger partial charge in [-0.05, 0) is 35.4 Å². The first-order valence-corrected chi connectivity index (χ1v) is 10.4. The molecular formula is C24H24N4O6. The zero-order valence-corrected chi connectivity index (χ0v) is 18.1. The van der Waals surface area contributed by atoms with Gasteiger partial charge < -0.3 is 20.5 Å². The summed E-state index contributed by atoms with van der Waals surface area (Å²) in [4.78, 5) is 39.5. The van der Waals surface area contributed by atoms with Crippen molar-refractivity contribution in [1.82, 2.24) is 21.1 Å². The number of hydroxylamine groups is 1. The summed E-state index contributed by atoms with van der Waals surface area (Å²) in [5, 5.41) is 22.7. The fourth-order valence-corrected chi connectivity index (χ4v) is 3.08. The van der Waals surface area contributed by atoms with Crippen LogP contribution in [0.25, 0.3) is 0 Å². The Morgan fingerprint density at radius 1 is 0.941 bits per heavy atom. The van der Waals surface area contributed by atoms with Gasteiger partial charge in [-0.1, -0.05) is 42.5 Å². The average molecular weight is 464 g/mol. The van der Waals surface area contributed by atoms with Gasteiger partial charge in [-0.25, -0.2) is 10.3 Å². The minimum Gasteiger partial charge on any atom is -0.487 e. The van der Waals surface area contributed by atoms with Crippen molar-refractivity contribution in [2.75, 3.05) is 0 Å². The molecular weight excluding hydrogens is 440 g/mol. The van der Waals surface area contributed by atoms with Crippen LogP contribution in [0.2, 0.25) is 0 Å². The van der Waals surface area contributed by atoms with Crippen LogP contribution in [0.5, 0.6) is 5.75 Å². The molecule has 1 atom stereocenters. The summed E-state index contributed by atoms with van der Waals surface area (Å²) < 4.78 is 5.69. The molecule has 0 radical (unpaired) electrons. The summed E-state index contributed by atoms with van der Waals surface area (Å²) in [6.07, 6.45) is 0.243. The van der Waals surface area contributed by atoms with Crippen LogP contribution in [-0.4, -0.2) is 39.2 Å². The molecule has 3 rings (SSSR count). The van der Waals surface area contributed by atoms with Gasteiger partial charge in [-0.3, -0.25) is 19.8 Å². The fourth-order valence-electron chi connectivity index (χ4n) is 3.08. The minimum atomic E-state index is -1.33. The van der Waals surface area contributed by atoms with Crippen molar-refractivity contribution < 1.29 is 29.4 Å². The molecule has 0 aliphatic heterocycles. The lowest BCUT2D eigenvalue weighted by Crippen LogP contribution is -2.47. The number of amides is 3. The van der Waals surface area contributed by atoms with Crippen molar-refractivity contribution in [3.05, 3.63) is 95.3 Å². The van der Waals surface area contributed by atoms with Crippen LogP contribution in [0, 0.1) is 0 Å². The van der Waals surface area contributed by atoms with Crippen LogP contribution in [0.4, 0.5) is 4.79 Å². The standard InChI is InChI=1S/C24H24N4O6/c29-22(28-33)18-8-6-16(7-9-18)13-26-23(30)21(27-24(31)32)12-19-10-11-20(14-25-19)34-15-17-4-2-1-3-5-17/h1-11,14,21,27,33H,12-13,15H2,(H,26,30)(H,28,29)(H,31,32). The molecule has 0 aliphatic rings. The molecule has 3 amide bonds. The lowest BCUT2D eigenvalue weighted by Gasteiger charge is -2.17. The number of pyridine rings is 1. The van der Waals surface area contributed by atoms with Gasteiger partial charge in [0, 0.05) is 24.2 Å². The number of carbonyl (C=O) groups is 3. The van der Waals surface area contributed by atoms with Crippen LogP contribution in [-0.2, 0) is 24.4 Å². The first-order chi connectivity index (χ1) is 16.4. The SMILES string of the molecule is O=C(O)NC(Cc1ccc(OCc2ccccc2)cn1)C(=O)NCc1ccc(C(=O)NO)cc1. The van der Waals surface area contributed by atoms with E-state index < -0.39 is 23.9 Å². The molecule has 0 aliphatic carbocycles. The van der Waals surface area contributed by atoms with E-state index in [9.17, 15) is 14.4 Å². The van der Waals surface area contributed by atoms with Gasteiger partial charge in [-0.2, -0.15) is 0 Å². The first kappa shape index (κ1) is 24.2. The Morgan fingerprint density at radius 2 is 1.68 bits per heavy atom. The second-order valence-corrected chi connectivity index (χ2v) is 7.32. The molecule has 5 N–H and O–H groups in total. The van der Waals surface area contributed by atoms with Crippen LogP contribution >= 0.6 is 0 Å². The molecule has 3 aromatic rings. The van der Waals surface area contributed by atoms with E-state index in [2.05, 4.69) is 15.6 Å². The third kappa shape index (κ3) is 7.31. The fraction of sp³-hybridized carbons (Fsp3) is 0.167. The van der Waals surface area contributed by atoms with Crippen molar-refractivity contribution in [1.29, 1.82) is 0 Å². The van der Waals surface area contributed by atoms with Gasteiger partial charge in [-0.15, -0.1) is 0 Å². The molecule has 10 heteroatoms. The molecule has 0 spiro atoms. The first-order valence-electron chi connectivity index (χ1n) is 10.4. The summed E-state index contributed by atoms with van der Waals surface area (Å²) in [6, 6.07) is 18.2. The van der Waals surface area contributed by atoms with E-state index in [1.807, 2.05) is 30.3 Å². The summed E-state index contributed by atoms with van der Waals surface area (Å²) in [7, 11) is 0. The predicted molar refractivity (Wildman–Crippen MR) is 121 cm³/mol. The largest absolute Gasteiger partial charge is 0.487 e. The Kier molecular flexibility index (Phi) is 8.53.